The Labute approximate surface area is 176 Å². The first-order valence-electron chi connectivity index (χ1n) is 9.98. The molecule has 2 aromatic carbocycles. The molecule has 0 bridgehead atoms. The summed E-state index contributed by atoms with van der Waals surface area (Å²) in [4.78, 5) is 17.2. The largest absolute Gasteiger partial charge is 0.325 e. The molecule has 0 spiro atoms. The van der Waals surface area contributed by atoms with Crippen LogP contribution in [-0.4, -0.2) is 41.1 Å². The van der Waals surface area contributed by atoms with Crippen molar-refractivity contribution in [3.63, 3.8) is 0 Å². The summed E-state index contributed by atoms with van der Waals surface area (Å²) < 4.78 is 13.3. The number of carbonyl (C=O) groups is 1. The molecule has 6 heteroatoms. The van der Waals surface area contributed by atoms with E-state index in [2.05, 4.69) is 17.9 Å². The van der Waals surface area contributed by atoms with Crippen LogP contribution in [0.15, 0.2) is 48.5 Å². The summed E-state index contributed by atoms with van der Waals surface area (Å²) in [5.41, 5.74) is 2.64. The van der Waals surface area contributed by atoms with Crippen molar-refractivity contribution < 1.29 is 9.18 Å². The summed E-state index contributed by atoms with van der Waals surface area (Å²) in [6.07, 6.45) is 2.07. The summed E-state index contributed by atoms with van der Waals surface area (Å²) in [5.74, 6) is 0.712. The monoisotopic (exact) mass is 411 g/mol. The van der Waals surface area contributed by atoms with Crippen molar-refractivity contribution in [1.82, 2.24) is 9.80 Å². The van der Waals surface area contributed by atoms with Crippen molar-refractivity contribution in [3.8, 4) is 6.07 Å². The molecule has 0 saturated carbocycles. The van der Waals surface area contributed by atoms with Gasteiger partial charge in [-0.2, -0.15) is 5.26 Å². The van der Waals surface area contributed by atoms with Crippen LogP contribution < -0.4 is 0 Å². The van der Waals surface area contributed by atoms with E-state index in [1.165, 1.54) is 12.1 Å². The second kappa shape index (κ2) is 10.4. The van der Waals surface area contributed by atoms with Crippen LogP contribution in [-0.2, 0) is 11.3 Å². The molecule has 1 saturated heterocycles. The van der Waals surface area contributed by atoms with Crippen molar-refractivity contribution >= 4 is 17.7 Å². The molecule has 1 heterocycles. The van der Waals surface area contributed by atoms with Crippen LogP contribution in [0.3, 0.4) is 0 Å². The van der Waals surface area contributed by atoms with Crippen molar-refractivity contribution in [1.29, 1.82) is 5.26 Å². The van der Waals surface area contributed by atoms with E-state index in [1.54, 1.807) is 30.0 Å². The number of halogens is 1. The summed E-state index contributed by atoms with van der Waals surface area (Å²) in [5, 5.41) is 9.07. The molecule has 1 aliphatic rings. The molecule has 0 unspecified atom stereocenters. The normalized spacial score (nSPS) is 16.2. The standard InChI is InChI=1S/C23H26FN3OS/c1-2-3-11-26(16-19-6-4-5-18(14-19)15-25)17-22(28)27-12-13-29-23(27)20-7-9-21(24)10-8-20/h4-10,14,23H,2-3,11-13,16-17H2,1H3/t23-/m0/s1. The Hall–Kier alpha value is -2.36. The van der Waals surface area contributed by atoms with E-state index in [0.717, 1.165) is 36.3 Å². The second-order valence-corrected chi connectivity index (χ2v) is 8.43. The van der Waals surface area contributed by atoms with Gasteiger partial charge in [0, 0.05) is 18.8 Å². The molecule has 4 nitrogen and oxygen atoms in total. The Morgan fingerprint density at radius 3 is 2.83 bits per heavy atom. The average molecular weight is 412 g/mol. The van der Waals surface area contributed by atoms with Crippen LogP contribution in [0.2, 0.25) is 0 Å². The number of nitriles is 1. The van der Waals surface area contributed by atoms with Crippen LogP contribution in [0, 0.1) is 17.1 Å². The molecule has 1 aliphatic heterocycles. The van der Waals surface area contributed by atoms with Crippen molar-refractivity contribution in [2.24, 2.45) is 0 Å². The maximum atomic E-state index is 13.3. The van der Waals surface area contributed by atoms with Gasteiger partial charge in [0.2, 0.25) is 5.91 Å². The third-order valence-electron chi connectivity index (χ3n) is 5.02. The van der Waals surface area contributed by atoms with E-state index in [-0.39, 0.29) is 17.1 Å². The predicted molar refractivity (Wildman–Crippen MR) is 115 cm³/mol. The highest BCUT2D eigenvalue weighted by atomic mass is 32.2. The minimum absolute atomic E-state index is 0.0574. The van der Waals surface area contributed by atoms with Gasteiger partial charge in [-0.3, -0.25) is 9.69 Å². The fraction of sp³-hybridized carbons (Fsp3) is 0.391. The number of amides is 1. The number of hydrogen-bond acceptors (Lipinski definition) is 4. The smallest absolute Gasteiger partial charge is 0.237 e. The molecule has 0 aliphatic carbocycles. The molecular weight excluding hydrogens is 385 g/mol. The second-order valence-electron chi connectivity index (χ2n) is 7.24. The molecule has 29 heavy (non-hydrogen) atoms. The molecule has 2 aromatic rings. The van der Waals surface area contributed by atoms with Gasteiger partial charge in [0.1, 0.15) is 11.2 Å². The maximum absolute atomic E-state index is 13.3. The van der Waals surface area contributed by atoms with Crippen LogP contribution in [0.5, 0.6) is 0 Å². The molecule has 3 rings (SSSR count). The van der Waals surface area contributed by atoms with Gasteiger partial charge >= 0.3 is 0 Å². The van der Waals surface area contributed by atoms with E-state index >= 15 is 0 Å². The van der Waals surface area contributed by atoms with E-state index < -0.39 is 0 Å². The number of nitrogens with zero attached hydrogens (tertiary/aromatic N) is 3. The lowest BCUT2D eigenvalue weighted by Crippen LogP contribution is -2.40. The topological polar surface area (TPSA) is 47.3 Å². The Morgan fingerprint density at radius 2 is 2.10 bits per heavy atom. The maximum Gasteiger partial charge on any atom is 0.237 e. The predicted octanol–water partition coefficient (Wildman–Crippen LogP) is 4.57. The molecule has 0 aromatic heterocycles. The fourth-order valence-electron chi connectivity index (χ4n) is 3.50. The van der Waals surface area contributed by atoms with Gasteiger partial charge in [0.15, 0.2) is 0 Å². The number of carbonyl (C=O) groups excluding carboxylic acids is 1. The van der Waals surface area contributed by atoms with Gasteiger partial charge in [-0.1, -0.05) is 37.6 Å². The molecule has 152 valence electrons. The lowest BCUT2D eigenvalue weighted by Gasteiger charge is -2.28. The lowest BCUT2D eigenvalue weighted by atomic mass is 10.1. The SMILES string of the molecule is CCCCN(CC(=O)N1CCS[C@H]1c1ccc(F)cc1)Cc1cccc(C#N)c1. The quantitative estimate of drug-likeness (QED) is 0.638. The summed E-state index contributed by atoms with van der Waals surface area (Å²) >= 11 is 1.72. The van der Waals surface area contributed by atoms with Crippen molar-refractivity contribution in [3.05, 3.63) is 71.0 Å². The number of hydrogen-bond donors (Lipinski definition) is 0. The average Bonchev–Trinajstić information content (AvgIpc) is 3.22. The van der Waals surface area contributed by atoms with E-state index in [9.17, 15) is 9.18 Å². The van der Waals surface area contributed by atoms with Gasteiger partial charge in [-0.05, 0) is 48.4 Å². The zero-order chi connectivity index (χ0) is 20.6. The van der Waals surface area contributed by atoms with E-state index in [4.69, 9.17) is 5.26 Å². The number of thioether (sulfide) groups is 1. The highest BCUT2D eigenvalue weighted by Crippen LogP contribution is 2.38. The molecule has 1 amide bonds. The Morgan fingerprint density at radius 1 is 1.31 bits per heavy atom. The van der Waals surface area contributed by atoms with Crippen molar-refractivity contribution in [2.75, 3.05) is 25.4 Å². The van der Waals surface area contributed by atoms with Crippen LogP contribution in [0.1, 0.15) is 41.8 Å². The van der Waals surface area contributed by atoms with Gasteiger partial charge in [0.25, 0.3) is 0 Å². The van der Waals surface area contributed by atoms with Gasteiger partial charge in [-0.15, -0.1) is 11.8 Å². The van der Waals surface area contributed by atoms with E-state index in [0.29, 0.717) is 25.2 Å². The summed E-state index contributed by atoms with van der Waals surface area (Å²) in [7, 11) is 0. The van der Waals surface area contributed by atoms with Crippen LogP contribution in [0.4, 0.5) is 4.39 Å². The first-order chi connectivity index (χ1) is 14.1. The first-order valence-corrected chi connectivity index (χ1v) is 11.0. The Kier molecular flexibility index (Phi) is 7.68. The lowest BCUT2D eigenvalue weighted by molar-refractivity contribution is -0.132. The first kappa shape index (κ1) is 21.4. The van der Waals surface area contributed by atoms with E-state index in [1.807, 2.05) is 23.1 Å². The van der Waals surface area contributed by atoms with Gasteiger partial charge in [-0.25, -0.2) is 4.39 Å². The van der Waals surface area contributed by atoms with Crippen LogP contribution in [0.25, 0.3) is 0 Å². The Balaban J connectivity index is 1.69. The van der Waals surface area contributed by atoms with Gasteiger partial charge in [0.05, 0.1) is 18.2 Å². The third-order valence-corrected chi connectivity index (χ3v) is 6.28. The van der Waals surface area contributed by atoms with Crippen LogP contribution >= 0.6 is 11.8 Å². The number of benzene rings is 2. The van der Waals surface area contributed by atoms with Crippen molar-refractivity contribution in [2.45, 2.75) is 31.7 Å². The highest BCUT2D eigenvalue weighted by Gasteiger charge is 2.31. The summed E-state index contributed by atoms with van der Waals surface area (Å²) in [6, 6.07) is 16.2. The number of unbranched alkanes of at least 4 members (excludes halogenated alkanes) is 1. The minimum atomic E-state index is -0.264. The Bertz CT molecular complexity index is 865. The minimum Gasteiger partial charge on any atom is -0.325 e. The zero-order valence-corrected chi connectivity index (χ0v) is 17.5. The summed E-state index contributed by atoms with van der Waals surface area (Å²) in [6.45, 7) is 4.66. The van der Waals surface area contributed by atoms with Gasteiger partial charge < -0.3 is 4.90 Å². The molecule has 1 fully saturated rings. The third kappa shape index (κ3) is 5.81. The zero-order valence-electron chi connectivity index (χ0n) is 16.7. The molecule has 0 radical (unpaired) electrons. The highest BCUT2D eigenvalue weighted by molar-refractivity contribution is 7.99. The molecule has 0 N–H and O–H groups in total. The number of rotatable bonds is 8. The fourth-order valence-corrected chi connectivity index (χ4v) is 4.78. The molecular formula is C23H26FN3OS. The molecule has 1 atom stereocenters.